The molecule has 0 aliphatic carbocycles. The third-order valence-electron chi connectivity index (χ3n) is 3.74. The van der Waals surface area contributed by atoms with Crippen LogP contribution in [0.15, 0.2) is 40.9 Å². The lowest BCUT2D eigenvalue weighted by Crippen LogP contribution is -1.93. The van der Waals surface area contributed by atoms with Gasteiger partial charge in [0.15, 0.2) is 5.76 Å². The van der Waals surface area contributed by atoms with Crippen molar-refractivity contribution in [2.75, 3.05) is 14.2 Å². The molecule has 0 spiro atoms. The van der Waals surface area contributed by atoms with Gasteiger partial charge in [0.1, 0.15) is 17.2 Å². The molecule has 0 fully saturated rings. The van der Waals surface area contributed by atoms with E-state index in [1.165, 1.54) is 0 Å². The number of aromatic nitrogens is 1. The van der Waals surface area contributed by atoms with Crippen LogP contribution in [0.2, 0.25) is 10.0 Å². The molecular formula is C18H15Cl2NO4. The number of aliphatic hydroxyl groups is 1. The number of rotatable bonds is 5. The number of hydrogen-bond donors (Lipinski definition) is 1. The zero-order chi connectivity index (χ0) is 18.0. The van der Waals surface area contributed by atoms with E-state index in [4.69, 9.17) is 37.2 Å². The van der Waals surface area contributed by atoms with Crippen molar-refractivity contribution in [1.82, 2.24) is 5.16 Å². The van der Waals surface area contributed by atoms with E-state index < -0.39 is 0 Å². The van der Waals surface area contributed by atoms with Gasteiger partial charge in [0, 0.05) is 21.7 Å². The topological polar surface area (TPSA) is 64.7 Å². The van der Waals surface area contributed by atoms with Gasteiger partial charge in [0.2, 0.25) is 0 Å². The Kier molecular flexibility index (Phi) is 5.18. The number of halogens is 2. The summed E-state index contributed by atoms with van der Waals surface area (Å²) < 4.78 is 16.1. The normalized spacial score (nSPS) is 10.8. The van der Waals surface area contributed by atoms with Crippen LogP contribution in [0.3, 0.4) is 0 Å². The van der Waals surface area contributed by atoms with Gasteiger partial charge < -0.3 is 19.1 Å². The Morgan fingerprint density at radius 3 is 2.36 bits per heavy atom. The van der Waals surface area contributed by atoms with Crippen molar-refractivity contribution in [2.45, 2.75) is 6.61 Å². The van der Waals surface area contributed by atoms with Crippen LogP contribution in [0, 0.1) is 0 Å². The molecule has 0 radical (unpaired) electrons. The maximum Gasteiger partial charge on any atom is 0.176 e. The van der Waals surface area contributed by atoms with E-state index in [0.717, 1.165) is 0 Å². The fourth-order valence-electron chi connectivity index (χ4n) is 2.57. The molecule has 0 saturated carbocycles. The smallest absolute Gasteiger partial charge is 0.176 e. The number of aliphatic hydroxyl groups excluding tert-OH is 1. The van der Waals surface area contributed by atoms with E-state index in [1.807, 2.05) is 0 Å². The standard InChI is InChI=1S/C18H15Cl2NO4/c1-23-13-3-4-14(16(8-13)24-2)18-15(9-22)17(21-25-18)10-5-11(19)7-12(20)6-10/h3-8,22H,9H2,1-2H3. The van der Waals surface area contributed by atoms with Crippen molar-refractivity contribution >= 4 is 23.2 Å². The summed E-state index contributed by atoms with van der Waals surface area (Å²) in [5.74, 6) is 1.60. The predicted octanol–water partition coefficient (Wildman–Crippen LogP) is 4.82. The summed E-state index contributed by atoms with van der Waals surface area (Å²) in [4.78, 5) is 0. The van der Waals surface area contributed by atoms with Crippen LogP contribution in [0.5, 0.6) is 11.5 Å². The molecule has 3 aromatic rings. The zero-order valence-corrected chi connectivity index (χ0v) is 15.1. The molecule has 1 heterocycles. The molecule has 0 unspecified atom stereocenters. The molecule has 25 heavy (non-hydrogen) atoms. The van der Waals surface area contributed by atoms with Crippen molar-refractivity contribution in [3.05, 3.63) is 52.0 Å². The van der Waals surface area contributed by atoms with Crippen LogP contribution in [0.4, 0.5) is 0 Å². The van der Waals surface area contributed by atoms with Gasteiger partial charge in [0.05, 0.1) is 32.0 Å². The van der Waals surface area contributed by atoms with E-state index >= 15 is 0 Å². The summed E-state index contributed by atoms with van der Waals surface area (Å²) in [6, 6.07) is 10.3. The Bertz CT molecular complexity index is 888. The van der Waals surface area contributed by atoms with Crippen LogP contribution in [0.1, 0.15) is 5.56 Å². The Morgan fingerprint density at radius 2 is 1.76 bits per heavy atom. The van der Waals surface area contributed by atoms with Crippen molar-refractivity contribution < 1.29 is 19.1 Å². The molecule has 7 heteroatoms. The van der Waals surface area contributed by atoms with Crippen LogP contribution in [0.25, 0.3) is 22.6 Å². The first-order chi connectivity index (χ1) is 12.1. The molecule has 0 aliphatic rings. The molecule has 3 rings (SSSR count). The molecule has 0 bridgehead atoms. The van der Waals surface area contributed by atoms with Crippen molar-refractivity contribution in [1.29, 1.82) is 0 Å². The summed E-state index contributed by atoms with van der Waals surface area (Å²) in [5.41, 5.74) is 2.30. The molecule has 0 saturated heterocycles. The number of nitrogens with zero attached hydrogens (tertiary/aromatic N) is 1. The highest BCUT2D eigenvalue weighted by atomic mass is 35.5. The molecule has 1 N–H and O–H groups in total. The number of ether oxygens (including phenoxy) is 2. The van der Waals surface area contributed by atoms with Gasteiger partial charge in [-0.3, -0.25) is 0 Å². The summed E-state index contributed by atoms with van der Waals surface area (Å²) in [6.07, 6.45) is 0. The molecular weight excluding hydrogens is 365 g/mol. The first-order valence-corrected chi connectivity index (χ1v) is 8.11. The lowest BCUT2D eigenvalue weighted by molar-refractivity contribution is 0.281. The van der Waals surface area contributed by atoms with E-state index in [1.54, 1.807) is 50.6 Å². The molecule has 130 valence electrons. The van der Waals surface area contributed by atoms with Gasteiger partial charge in [-0.2, -0.15) is 0 Å². The van der Waals surface area contributed by atoms with Crippen LogP contribution in [-0.4, -0.2) is 24.5 Å². The summed E-state index contributed by atoms with van der Waals surface area (Å²) >= 11 is 12.1. The predicted molar refractivity (Wildman–Crippen MR) is 96.4 cm³/mol. The Morgan fingerprint density at radius 1 is 1.04 bits per heavy atom. The quantitative estimate of drug-likeness (QED) is 0.687. The van der Waals surface area contributed by atoms with E-state index in [2.05, 4.69) is 5.16 Å². The highest BCUT2D eigenvalue weighted by molar-refractivity contribution is 6.35. The fraction of sp³-hybridized carbons (Fsp3) is 0.167. The number of hydrogen-bond acceptors (Lipinski definition) is 5. The molecule has 1 aromatic heterocycles. The molecule has 0 aliphatic heterocycles. The summed E-state index contributed by atoms with van der Waals surface area (Å²) in [7, 11) is 3.12. The minimum absolute atomic E-state index is 0.270. The number of methoxy groups -OCH3 is 2. The van der Waals surface area contributed by atoms with Gasteiger partial charge in [0.25, 0.3) is 0 Å². The van der Waals surface area contributed by atoms with E-state index in [0.29, 0.717) is 49.7 Å². The second-order valence-electron chi connectivity index (χ2n) is 5.22. The van der Waals surface area contributed by atoms with Crippen molar-refractivity contribution in [3.8, 4) is 34.1 Å². The van der Waals surface area contributed by atoms with Crippen LogP contribution < -0.4 is 9.47 Å². The largest absolute Gasteiger partial charge is 0.497 e. The second-order valence-corrected chi connectivity index (χ2v) is 6.09. The minimum atomic E-state index is -0.270. The maximum atomic E-state index is 9.88. The summed E-state index contributed by atoms with van der Waals surface area (Å²) in [5, 5.41) is 14.9. The Labute approximate surface area is 154 Å². The average Bonchev–Trinajstić information content (AvgIpc) is 3.04. The lowest BCUT2D eigenvalue weighted by Gasteiger charge is -2.09. The Hall–Kier alpha value is -2.21. The highest BCUT2D eigenvalue weighted by Gasteiger charge is 2.22. The van der Waals surface area contributed by atoms with Crippen LogP contribution in [-0.2, 0) is 6.61 Å². The average molecular weight is 380 g/mol. The third kappa shape index (κ3) is 3.44. The first-order valence-electron chi connectivity index (χ1n) is 7.35. The molecule has 0 atom stereocenters. The lowest BCUT2D eigenvalue weighted by atomic mass is 10.0. The van der Waals surface area contributed by atoms with Gasteiger partial charge in [-0.25, -0.2) is 0 Å². The van der Waals surface area contributed by atoms with Crippen LogP contribution >= 0.6 is 23.2 Å². The van der Waals surface area contributed by atoms with E-state index in [-0.39, 0.29) is 6.61 Å². The minimum Gasteiger partial charge on any atom is -0.497 e. The third-order valence-corrected chi connectivity index (χ3v) is 4.17. The van der Waals surface area contributed by atoms with Crippen molar-refractivity contribution in [2.24, 2.45) is 0 Å². The Balaban J connectivity index is 2.15. The SMILES string of the molecule is COc1ccc(-c2onc(-c3cc(Cl)cc(Cl)c3)c2CO)c(OC)c1. The van der Waals surface area contributed by atoms with Gasteiger partial charge in [-0.15, -0.1) is 0 Å². The highest BCUT2D eigenvalue weighted by Crippen LogP contribution is 2.39. The molecule has 0 amide bonds. The number of benzene rings is 2. The van der Waals surface area contributed by atoms with Gasteiger partial charge in [-0.05, 0) is 30.3 Å². The fourth-order valence-corrected chi connectivity index (χ4v) is 3.10. The molecule has 2 aromatic carbocycles. The second kappa shape index (κ2) is 7.35. The van der Waals surface area contributed by atoms with Gasteiger partial charge in [-0.1, -0.05) is 28.4 Å². The first kappa shape index (κ1) is 17.6. The monoisotopic (exact) mass is 379 g/mol. The zero-order valence-electron chi connectivity index (χ0n) is 13.5. The van der Waals surface area contributed by atoms with Crippen molar-refractivity contribution in [3.63, 3.8) is 0 Å². The maximum absolute atomic E-state index is 9.88. The molecule has 5 nitrogen and oxygen atoms in total. The van der Waals surface area contributed by atoms with E-state index in [9.17, 15) is 5.11 Å². The van der Waals surface area contributed by atoms with Gasteiger partial charge >= 0.3 is 0 Å². The summed E-state index contributed by atoms with van der Waals surface area (Å²) in [6.45, 7) is -0.270.